The number of nitrogens with zero attached hydrogens (tertiary/aromatic N) is 2. The van der Waals surface area contributed by atoms with Crippen molar-refractivity contribution in [1.29, 1.82) is 0 Å². The van der Waals surface area contributed by atoms with Gasteiger partial charge in [0, 0.05) is 11.9 Å². The minimum Gasteiger partial charge on any atom is -0.304 e. The molecule has 0 aliphatic heterocycles. The van der Waals surface area contributed by atoms with E-state index in [-0.39, 0.29) is 6.04 Å². The Kier molecular flexibility index (Phi) is 5.06. The standard InChI is InChI=1S/C13H17BrClN3S/c1-4-5-16-11(12-9(14)6-17-18(12)3)13-10(15)8(2)7-19-13/h6-7,11,16H,4-5H2,1-3H3. The Morgan fingerprint density at radius 2 is 2.32 bits per heavy atom. The third-order valence-corrected chi connectivity index (χ3v) is 5.39. The monoisotopic (exact) mass is 361 g/mol. The van der Waals surface area contributed by atoms with Crippen LogP contribution in [-0.2, 0) is 7.05 Å². The molecule has 0 bridgehead atoms. The molecule has 2 aromatic rings. The summed E-state index contributed by atoms with van der Waals surface area (Å²) in [6, 6.07) is 0.0769. The summed E-state index contributed by atoms with van der Waals surface area (Å²) >= 11 is 11.7. The van der Waals surface area contributed by atoms with Crippen molar-refractivity contribution in [2.24, 2.45) is 7.05 Å². The fraction of sp³-hybridized carbons (Fsp3) is 0.462. The van der Waals surface area contributed by atoms with E-state index in [1.165, 1.54) is 0 Å². The van der Waals surface area contributed by atoms with Crippen LogP contribution in [0, 0.1) is 6.92 Å². The summed E-state index contributed by atoms with van der Waals surface area (Å²) in [5, 5.41) is 10.8. The first-order valence-corrected chi connectivity index (χ1v) is 8.25. The van der Waals surface area contributed by atoms with Crippen molar-refractivity contribution in [2.45, 2.75) is 26.3 Å². The van der Waals surface area contributed by atoms with Crippen LogP contribution in [0.5, 0.6) is 0 Å². The van der Waals surface area contributed by atoms with Gasteiger partial charge in [-0.1, -0.05) is 18.5 Å². The first kappa shape index (κ1) is 15.0. The lowest BCUT2D eigenvalue weighted by Crippen LogP contribution is -2.25. The molecule has 0 saturated heterocycles. The Balaban J connectivity index is 2.44. The number of thiophene rings is 1. The van der Waals surface area contributed by atoms with Gasteiger partial charge >= 0.3 is 0 Å². The molecule has 1 N–H and O–H groups in total. The minimum absolute atomic E-state index is 0.0769. The highest BCUT2D eigenvalue weighted by Gasteiger charge is 2.24. The summed E-state index contributed by atoms with van der Waals surface area (Å²) in [6.45, 7) is 5.14. The normalized spacial score (nSPS) is 12.9. The quantitative estimate of drug-likeness (QED) is 0.859. The molecular formula is C13H17BrClN3S. The number of hydrogen-bond acceptors (Lipinski definition) is 3. The Bertz CT molecular complexity index is 545. The second-order valence-corrected chi connectivity index (χ2v) is 6.63. The molecule has 1 atom stereocenters. The molecule has 6 heteroatoms. The van der Waals surface area contributed by atoms with Crippen molar-refractivity contribution in [1.82, 2.24) is 15.1 Å². The van der Waals surface area contributed by atoms with E-state index in [9.17, 15) is 0 Å². The molecule has 0 fully saturated rings. The summed E-state index contributed by atoms with van der Waals surface area (Å²) in [4.78, 5) is 1.15. The van der Waals surface area contributed by atoms with Crippen molar-refractivity contribution in [3.05, 3.63) is 37.2 Å². The van der Waals surface area contributed by atoms with Crippen LogP contribution in [0.1, 0.15) is 35.5 Å². The summed E-state index contributed by atoms with van der Waals surface area (Å²) in [7, 11) is 1.95. The van der Waals surface area contributed by atoms with E-state index in [0.717, 1.165) is 38.6 Å². The largest absolute Gasteiger partial charge is 0.304 e. The zero-order chi connectivity index (χ0) is 14.0. The van der Waals surface area contributed by atoms with Gasteiger partial charge in [-0.05, 0) is 46.8 Å². The first-order chi connectivity index (χ1) is 9.06. The Labute approximate surface area is 131 Å². The third kappa shape index (κ3) is 3.05. The summed E-state index contributed by atoms with van der Waals surface area (Å²) in [5.41, 5.74) is 2.24. The van der Waals surface area contributed by atoms with E-state index in [2.05, 4.69) is 38.6 Å². The second kappa shape index (κ2) is 6.39. The van der Waals surface area contributed by atoms with E-state index in [0.29, 0.717) is 0 Å². The van der Waals surface area contributed by atoms with Crippen molar-refractivity contribution in [3.63, 3.8) is 0 Å². The smallest absolute Gasteiger partial charge is 0.0868 e. The molecule has 0 aliphatic rings. The van der Waals surface area contributed by atoms with Crippen LogP contribution in [-0.4, -0.2) is 16.3 Å². The number of aryl methyl sites for hydroxylation is 2. The fourth-order valence-corrected chi connectivity index (χ4v) is 3.95. The van der Waals surface area contributed by atoms with E-state index < -0.39 is 0 Å². The zero-order valence-corrected chi connectivity index (χ0v) is 14.4. The maximum atomic E-state index is 6.43. The molecule has 2 heterocycles. The second-order valence-electron chi connectivity index (χ2n) is 4.49. The van der Waals surface area contributed by atoms with Crippen molar-refractivity contribution < 1.29 is 0 Å². The van der Waals surface area contributed by atoms with Gasteiger partial charge in [0.2, 0.25) is 0 Å². The Morgan fingerprint density at radius 3 is 2.79 bits per heavy atom. The maximum Gasteiger partial charge on any atom is 0.0868 e. The molecule has 2 rings (SSSR count). The number of halogens is 2. The molecule has 0 aromatic carbocycles. The molecule has 0 radical (unpaired) electrons. The average Bonchev–Trinajstić information content (AvgIpc) is 2.88. The average molecular weight is 363 g/mol. The van der Waals surface area contributed by atoms with Gasteiger partial charge in [-0.2, -0.15) is 5.10 Å². The lowest BCUT2D eigenvalue weighted by Gasteiger charge is -2.19. The molecule has 19 heavy (non-hydrogen) atoms. The van der Waals surface area contributed by atoms with Crippen LogP contribution in [0.3, 0.4) is 0 Å². The molecule has 2 aromatic heterocycles. The van der Waals surface area contributed by atoms with E-state index in [1.807, 2.05) is 24.9 Å². The number of aromatic nitrogens is 2. The van der Waals surface area contributed by atoms with Crippen LogP contribution in [0.2, 0.25) is 5.02 Å². The summed E-state index contributed by atoms with van der Waals surface area (Å²) in [5.74, 6) is 0. The highest BCUT2D eigenvalue weighted by molar-refractivity contribution is 9.10. The van der Waals surface area contributed by atoms with Gasteiger partial charge < -0.3 is 5.32 Å². The fourth-order valence-electron chi connectivity index (χ4n) is 1.99. The van der Waals surface area contributed by atoms with Gasteiger partial charge in [-0.15, -0.1) is 11.3 Å². The highest BCUT2D eigenvalue weighted by atomic mass is 79.9. The number of nitrogens with one attached hydrogen (secondary N) is 1. The SMILES string of the molecule is CCCNC(c1scc(C)c1Cl)c1c(Br)cnn1C. The van der Waals surface area contributed by atoms with Gasteiger partial charge in [0.15, 0.2) is 0 Å². The number of hydrogen-bond donors (Lipinski definition) is 1. The zero-order valence-electron chi connectivity index (χ0n) is 11.2. The van der Waals surface area contributed by atoms with Crippen LogP contribution < -0.4 is 5.32 Å². The molecule has 0 spiro atoms. The Morgan fingerprint density at radius 1 is 1.58 bits per heavy atom. The lowest BCUT2D eigenvalue weighted by atomic mass is 10.1. The predicted octanol–water partition coefficient (Wildman–Crippen LogP) is 4.29. The summed E-state index contributed by atoms with van der Waals surface area (Å²) in [6.07, 6.45) is 2.90. The van der Waals surface area contributed by atoms with Crippen molar-refractivity contribution in [3.8, 4) is 0 Å². The van der Waals surface area contributed by atoms with Crippen LogP contribution in [0.4, 0.5) is 0 Å². The van der Waals surface area contributed by atoms with Crippen LogP contribution >= 0.6 is 38.9 Å². The summed E-state index contributed by atoms with van der Waals surface area (Å²) < 4.78 is 2.90. The Hall–Kier alpha value is -0.360. The van der Waals surface area contributed by atoms with Gasteiger partial charge in [0.05, 0.1) is 27.4 Å². The van der Waals surface area contributed by atoms with Gasteiger partial charge in [-0.3, -0.25) is 4.68 Å². The van der Waals surface area contributed by atoms with Gasteiger partial charge in [0.25, 0.3) is 0 Å². The van der Waals surface area contributed by atoms with Gasteiger partial charge in [-0.25, -0.2) is 0 Å². The van der Waals surface area contributed by atoms with Crippen molar-refractivity contribution in [2.75, 3.05) is 6.54 Å². The first-order valence-electron chi connectivity index (χ1n) is 6.20. The number of rotatable bonds is 5. The van der Waals surface area contributed by atoms with E-state index >= 15 is 0 Å². The van der Waals surface area contributed by atoms with E-state index in [1.54, 1.807) is 11.3 Å². The topological polar surface area (TPSA) is 29.9 Å². The minimum atomic E-state index is 0.0769. The molecule has 0 aliphatic carbocycles. The molecule has 3 nitrogen and oxygen atoms in total. The van der Waals surface area contributed by atoms with Crippen molar-refractivity contribution >= 4 is 38.9 Å². The van der Waals surface area contributed by atoms with E-state index in [4.69, 9.17) is 11.6 Å². The molecule has 0 saturated carbocycles. The van der Waals surface area contributed by atoms with Gasteiger partial charge in [0.1, 0.15) is 0 Å². The molecular weight excluding hydrogens is 346 g/mol. The third-order valence-electron chi connectivity index (χ3n) is 3.00. The highest BCUT2D eigenvalue weighted by Crippen LogP contribution is 2.37. The lowest BCUT2D eigenvalue weighted by molar-refractivity contribution is 0.558. The molecule has 0 amide bonds. The van der Waals surface area contributed by atoms with Crippen LogP contribution in [0.25, 0.3) is 0 Å². The maximum absolute atomic E-state index is 6.43. The molecule has 104 valence electrons. The predicted molar refractivity (Wildman–Crippen MR) is 85.1 cm³/mol. The van der Waals surface area contributed by atoms with Crippen LogP contribution in [0.15, 0.2) is 16.0 Å². The molecule has 1 unspecified atom stereocenters.